The van der Waals surface area contributed by atoms with E-state index in [4.69, 9.17) is 9.47 Å². The second kappa shape index (κ2) is 4.76. The summed E-state index contributed by atoms with van der Waals surface area (Å²) in [5, 5.41) is 9.57. The van der Waals surface area contributed by atoms with Crippen LogP contribution in [-0.2, 0) is 10.2 Å². The molecule has 0 aromatic heterocycles. The highest BCUT2D eigenvalue weighted by atomic mass is 16.5. The Bertz CT molecular complexity index is 515. The van der Waals surface area contributed by atoms with E-state index in [0.717, 1.165) is 23.1 Å². The van der Waals surface area contributed by atoms with Gasteiger partial charge in [-0.25, -0.2) is 0 Å². The van der Waals surface area contributed by atoms with Crippen molar-refractivity contribution in [2.75, 3.05) is 14.2 Å². The molecule has 0 heterocycles. The minimum Gasteiger partial charge on any atom is -0.493 e. The molecule has 2 rings (SSSR count). The summed E-state index contributed by atoms with van der Waals surface area (Å²) < 4.78 is 10.8. The number of carboxylic acid groups (broad SMARTS) is 1. The van der Waals surface area contributed by atoms with Crippen LogP contribution in [0.15, 0.2) is 6.07 Å². The summed E-state index contributed by atoms with van der Waals surface area (Å²) in [7, 11) is 3.18. The summed E-state index contributed by atoms with van der Waals surface area (Å²) in [6, 6.07) is 1.93. The molecule has 1 aromatic rings. The lowest BCUT2D eigenvalue weighted by molar-refractivity contribution is -0.147. The third kappa shape index (κ3) is 1.86. The van der Waals surface area contributed by atoms with Crippen molar-refractivity contribution in [1.29, 1.82) is 0 Å². The van der Waals surface area contributed by atoms with Crippen LogP contribution in [0.25, 0.3) is 0 Å². The molecule has 0 radical (unpaired) electrons. The predicted molar refractivity (Wildman–Crippen MR) is 72.2 cm³/mol. The van der Waals surface area contributed by atoms with Crippen molar-refractivity contribution in [3.63, 3.8) is 0 Å². The SMILES string of the molecule is COc1c(C)cc(C2(C(=O)O)CCC2)c(C)c1OC. The molecule has 0 bridgehead atoms. The summed E-state index contributed by atoms with van der Waals surface area (Å²) in [5.41, 5.74) is 1.90. The molecule has 0 atom stereocenters. The number of hydrogen-bond donors (Lipinski definition) is 1. The molecule has 1 aliphatic carbocycles. The van der Waals surface area contributed by atoms with Gasteiger partial charge in [-0.3, -0.25) is 4.79 Å². The predicted octanol–water partition coefficient (Wildman–Crippen LogP) is 2.83. The molecular formula is C15H20O4. The molecule has 4 heteroatoms. The van der Waals surface area contributed by atoms with Crippen LogP contribution in [-0.4, -0.2) is 25.3 Å². The largest absolute Gasteiger partial charge is 0.493 e. The second-order valence-corrected chi connectivity index (χ2v) is 5.17. The first-order valence-electron chi connectivity index (χ1n) is 6.44. The molecule has 1 N–H and O–H groups in total. The van der Waals surface area contributed by atoms with Crippen molar-refractivity contribution in [1.82, 2.24) is 0 Å². The average molecular weight is 264 g/mol. The molecule has 104 valence electrons. The molecule has 0 saturated heterocycles. The zero-order valence-corrected chi connectivity index (χ0v) is 11.9. The molecule has 1 saturated carbocycles. The van der Waals surface area contributed by atoms with E-state index in [9.17, 15) is 9.90 Å². The zero-order chi connectivity index (χ0) is 14.2. The Labute approximate surface area is 113 Å². The summed E-state index contributed by atoms with van der Waals surface area (Å²) in [5.74, 6) is 0.585. The fourth-order valence-corrected chi connectivity index (χ4v) is 2.99. The fourth-order valence-electron chi connectivity index (χ4n) is 2.99. The smallest absolute Gasteiger partial charge is 0.314 e. The Morgan fingerprint density at radius 1 is 1.21 bits per heavy atom. The van der Waals surface area contributed by atoms with Crippen LogP contribution in [0.1, 0.15) is 36.0 Å². The quantitative estimate of drug-likeness (QED) is 0.908. The number of aliphatic carboxylic acids is 1. The minimum absolute atomic E-state index is 0.644. The number of aryl methyl sites for hydroxylation is 1. The minimum atomic E-state index is -0.742. The standard InChI is InChI=1S/C15H20O4/c1-9-8-11(15(14(16)17)6-5-7-15)10(2)13(19-4)12(9)18-3/h8H,5-7H2,1-4H3,(H,16,17). The van der Waals surface area contributed by atoms with Crippen LogP contribution < -0.4 is 9.47 Å². The maximum absolute atomic E-state index is 11.6. The number of methoxy groups -OCH3 is 2. The third-order valence-corrected chi connectivity index (χ3v) is 4.21. The zero-order valence-electron chi connectivity index (χ0n) is 11.9. The molecule has 4 nitrogen and oxygen atoms in total. The van der Waals surface area contributed by atoms with Crippen molar-refractivity contribution >= 4 is 5.97 Å². The topological polar surface area (TPSA) is 55.8 Å². The van der Waals surface area contributed by atoms with Gasteiger partial charge in [-0.15, -0.1) is 0 Å². The fraction of sp³-hybridized carbons (Fsp3) is 0.533. The van der Waals surface area contributed by atoms with Gasteiger partial charge in [0.05, 0.1) is 19.6 Å². The lowest BCUT2D eigenvalue weighted by Crippen LogP contribution is -2.43. The van der Waals surface area contributed by atoms with E-state index >= 15 is 0 Å². The molecule has 0 unspecified atom stereocenters. The summed E-state index contributed by atoms with van der Waals surface area (Å²) in [6.45, 7) is 3.82. The van der Waals surface area contributed by atoms with E-state index < -0.39 is 11.4 Å². The maximum atomic E-state index is 11.6. The Kier molecular flexibility index (Phi) is 3.43. The highest BCUT2D eigenvalue weighted by Gasteiger charge is 2.47. The number of ether oxygens (including phenoxy) is 2. The molecule has 1 fully saturated rings. The first-order valence-corrected chi connectivity index (χ1v) is 6.44. The number of carbonyl (C=O) groups is 1. The van der Waals surface area contributed by atoms with Gasteiger partial charge < -0.3 is 14.6 Å². The van der Waals surface area contributed by atoms with E-state index in [-0.39, 0.29) is 0 Å². The van der Waals surface area contributed by atoms with Gasteiger partial charge in [-0.1, -0.05) is 12.5 Å². The van der Waals surface area contributed by atoms with E-state index in [1.807, 2.05) is 19.9 Å². The van der Waals surface area contributed by atoms with E-state index in [2.05, 4.69) is 0 Å². The highest BCUT2D eigenvalue weighted by Crippen LogP contribution is 2.49. The van der Waals surface area contributed by atoms with Gasteiger partial charge in [-0.2, -0.15) is 0 Å². The summed E-state index contributed by atoms with van der Waals surface area (Å²) >= 11 is 0. The van der Waals surface area contributed by atoms with Gasteiger partial charge in [0.15, 0.2) is 11.5 Å². The molecule has 0 amide bonds. The maximum Gasteiger partial charge on any atom is 0.314 e. The van der Waals surface area contributed by atoms with Crippen LogP contribution in [0.3, 0.4) is 0 Å². The van der Waals surface area contributed by atoms with Gasteiger partial charge in [0.25, 0.3) is 0 Å². The Morgan fingerprint density at radius 2 is 1.79 bits per heavy atom. The van der Waals surface area contributed by atoms with Gasteiger partial charge in [-0.05, 0) is 43.4 Å². The van der Waals surface area contributed by atoms with Gasteiger partial charge in [0.2, 0.25) is 0 Å². The van der Waals surface area contributed by atoms with Crippen LogP contribution in [0, 0.1) is 13.8 Å². The van der Waals surface area contributed by atoms with Crippen LogP contribution in [0.5, 0.6) is 11.5 Å². The van der Waals surface area contributed by atoms with E-state index in [1.165, 1.54) is 0 Å². The van der Waals surface area contributed by atoms with Crippen molar-refractivity contribution in [3.8, 4) is 11.5 Å². The number of hydrogen-bond acceptors (Lipinski definition) is 3. The molecule has 1 aliphatic rings. The Balaban J connectivity index is 2.65. The monoisotopic (exact) mass is 264 g/mol. The van der Waals surface area contributed by atoms with Crippen LogP contribution in [0.4, 0.5) is 0 Å². The van der Waals surface area contributed by atoms with Crippen LogP contribution in [0.2, 0.25) is 0 Å². The number of carboxylic acids is 1. The summed E-state index contributed by atoms with van der Waals surface area (Å²) in [6.07, 6.45) is 2.34. The summed E-state index contributed by atoms with van der Waals surface area (Å²) in [4.78, 5) is 11.6. The van der Waals surface area contributed by atoms with E-state index in [1.54, 1.807) is 14.2 Å². The van der Waals surface area contributed by atoms with Crippen molar-refractivity contribution in [2.24, 2.45) is 0 Å². The normalized spacial score (nSPS) is 16.6. The molecule has 0 aliphatic heterocycles. The first-order chi connectivity index (χ1) is 8.97. The molecule has 19 heavy (non-hydrogen) atoms. The average Bonchev–Trinajstić information content (AvgIpc) is 2.30. The number of benzene rings is 1. The van der Waals surface area contributed by atoms with Gasteiger partial charge >= 0.3 is 5.97 Å². The van der Waals surface area contributed by atoms with Gasteiger partial charge in [0.1, 0.15) is 0 Å². The molecule has 1 aromatic carbocycles. The second-order valence-electron chi connectivity index (χ2n) is 5.17. The Morgan fingerprint density at radius 3 is 2.16 bits per heavy atom. The number of rotatable bonds is 4. The molecular weight excluding hydrogens is 244 g/mol. The van der Waals surface area contributed by atoms with Crippen LogP contribution >= 0.6 is 0 Å². The highest BCUT2D eigenvalue weighted by molar-refractivity contribution is 5.84. The molecule has 0 spiro atoms. The van der Waals surface area contributed by atoms with Crippen molar-refractivity contribution < 1.29 is 19.4 Å². The third-order valence-electron chi connectivity index (χ3n) is 4.21. The van der Waals surface area contributed by atoms with E-state index in [0.29, 0.717) is 24.3 Å². The van der Waals surface area contributed by atoms with Gasteiger partial charge in [0, 0.05) is 0 Å². The lowest BCUT2D eigenvalue weighted by Gasteiger charge is -2.39. The first kappa shape index (κ1) is 13.7. The Hall–Kier alpha value is -1.71. The van der Waals surface area contributed by atoms with Crippen molar-refractivity contribution in [2.45, 2.75) is 38.5 Å². The van der Waals surface area contributed by atoms with Crippen molar-refractivity contribution in [3.05, 3.63) is 22.8 Å². The lowest BCUT2D eigenvalue weighted by atomic mass is 9.63.